The number of nitrogens with zero attached hydrogens (tertiary/aromatic N) is 1. The van der Waals surface area contributed by atoms with Gasteiger partial charge < -0.3 is 10.2 Å². The number of amides is 1. The molecule has 1 aliphatic rings. The Hall–Kier alpha value is -0.770. The molecule has 0 aromatic heterocycles. The fourth-order valence-electron chi connectivity index (χ4n) is 1.64. The highest BCUT2D eigenvalue weighted by atomic mass is 35.5. The monoisotopic (exact) mass is 274 g/mol. The number of likely N-dealkylation sites (N-methyl/N-ethyl adjacent to an activating group) is 1. The van der Waals surface area contributed by atoms with Gasteiger partial charge in [0, 0.05) is 30.7 Å². The number of benzene rings is 1. The molecule has 1 aromatic rings. The molecule has 0 radical (unpaired) electrons. The summed E-state index contributed by atoms with van der Waals surface area (Å²) < 4.78 is 0. The summed E-state index contributed by atoms with van der Waals surface area (Å²) in [4.78, 5) is 13.9. The molecule has 0 aliphatic carbocycles. The molecule has 17 heavy (non-hydrogen) atoms. The Bertz CT molecular complexity index is 419. The van der Waals surface area contributed by atoms with Gasteiger partial charge >= 0.3 is 0 Å². The van der Waals surface area contributed by atoms with Crippen molar-refractivity contribution in [3.8, 4) is 0 Å². The lowest BCUT2D eigenvalue weighted by atomic mass is 10.1. The molecule has 0 spiro atoms. The van der Waals surface area contributed by atoms with Gasteiger partial charge in [-0.05, 0) is 24.6 Å². The van der Waals surface area contributed by atoms with Crippen LogP contribution in [-0.4, -0.2) is 37.0 Å². The molecule has 0 bridgehead atoms. The third-order valence-electron chi connectivity index (χ3n) is 3.05. The summed E-state index contributed by atoms with van der Waals surface area (Å²) in [5.74, 6) is 0.0356. The Kier molecular flexibility index (Phi) is 4.80. The molecule has 1 N–H and O–H groups in total. The molecular formula is C12H16Cl2N2O. The van der Waals surface area contributed by atoms with Crippen LogP contribution in [0, 0.1) is 6.92 Å². The molecule has 0 atom stereocenters. The zero-order chi connectivity index (χ0) is 11.7. The largest absolute Gasteiger partial charge is 0.336 e. The Morgan fingerprint density at radius 1 is 1.47 bits per heavy atom. The number of nitrogens with one attached hydrogen (secondary N) is 1. The highest BCUT2D eigenvalue weighted by Crippen LogP contribution is 2.18. The van der Waals surface area contributed by atoms with Gasteiger partial charge in [-0.3, -0.25) is 4.79 Å². The van der Waals surface area contributed by atoms with Crippen molar-refractivity contribution in [1.82, 2.24) is 10.2 Å². The summed E-state index contributed by atoms with van der Waals surface area (Å²) in [6.07, 6.45) is 0. The maximum absolute atomic E-state index is 12.1. The summed E-state index contributed by atoms with van der Waals surface area (Å²) in [6, 6.07) is 5.75. The molecule has 1 aromatic carbocycles. The summed E-state index contributed by atoms with van der Waals surface area (Å²) in [7, 11) is 1.83. The molecule has 1 saturated heterocycles. The van der Waals surface area contributed by atoms with Crippen LogP contribution in [-0.2, 0) is 0 Å². The van der Waals surface area contributed by atoms with Gasteiger partial charge in [0.05, 0.1) is 6.04 Å². The van der Waals surface area contributed by atoms with Gasteiger partial charge in [0.25, 0.3) is 5.91 Å². The van der Waals surface area contributed by atoms with Crippen LogP contribution >= 0.6 is 24.0 Å². The van der Waals surface area contributed by atoms with Crippen LogP contribution in [0.25, 0.3) is 0 Å². The fourth-order valence-corrected chi connectivity index (χ4v) is 1.82. The van der Waals surface area contributed by atoms with E-state index in [1.165, 1.54) is 0 Å². The van der Waals surface area contributed by atoms with Gasteiger partial charge in [-0.1, -0.05) is 17.7 Å². The van der Waals surface area contributed by atoms with Crippen LogP contribution in [0.3, 0.4) is 0 Å². The van der Waals surface area contributed by atoms with Crippen LogP contribution in [0.4, 0.5) is 0 Å². The van der Waals surface area contributed by atoms with Crippen molar-refractivity contribution in [2.75, 3.05) is 20.1 Å². The van der Waals surface area contributed by atoms with Crippen LogP contribution < -0.4 is 5.32 Å². The first kappa shape index (κ1) is 14.3. The third-order valence-corrected chi connectivity index (χ3v) is 3.45. The number of aryl methyl sites for hydroxylation is 1. The summed E-state index contributed by atoms with van der Waals surface area (Å²) in [5, 5.41) is 3.79. The van der Waals surface area contributed by atoms with Crippen LogP contribution in [0.2, 0.25) is 5.02 Å². The fraction of sp³-hybridized carbons (Fsp3) is 0.417. The number of carbonyl (C=O) groups excluding carboxylic acids is 1. The van der Waals surface area contributed by atoms with E-state index in [9.17, 15) is 4.79 Å². The maximum Gasteiger partial charge on any atom is 0.253 e. The van der Waals surface area contributed by atoms with Gasteiger partial charge in [-0.2, -0.15) is 0 Å². The quantitative estimate of drug-likeness (QED) is 0.896. The summed E-state index contributed by atoms with van der Waals surface area (Å²) in [6.45, 7) is 3.68. The Labute approximate surface area is 113 Å². The zero-order valence-corrected chi connectivity index (χ0v) is 11.4. The predicted molar refractivity (Wildman–Crippen MR) is 72.2 cm³/mol. The molecule has 2 rings (SSSR count). The molecule has 0 saturated carbocycles. The first-order valence-electron chi connectivity index (χ1n) is 5.33. The molecular weight excluding hydrogens is 259 g/mol. The zero-order valence-electron chi connectivity index (χ0n) is 9.87. The minimum atomic E-state index is 0. The van der Waals surface area contributed by atoms with Crippen molar-refractivity contribution in [2.24, 2.45) is 0 Å². The van der Waals surface area contributed by atoms with Crippen LogP contribution in [0.15, 0.2) is 18.2 Å². The predicted octanol–water partition coefficient (Wildman–Crippen LogP) is 2.11. The number of carbonyl (C=O) groups is 1. The Morgan fingerprint density at radius 2 is 2.12 bits per heavy atom. The number of hydrogen-bond donors (Lipinski definition) is 1. The highest BCUT2D eigenvalue weighted by Gasteiger charge is 2.26. The van der Waals surface area contributed by atoms with Crippen molar-refractivity contribution < 1.29 is 4.79 Å². The molecule has 3 nitrogen and oxygen atoms in total. The summed E-state index contributed by atoms with van der Waals surface area (Å²) >= 11 is 6.01. The van der Waals surface area contributed by atoms with Gasteiger partial charge in [-0.25, -0.2) is 0 Å². The second kappa shape index (κ2) is 5.71. The highest BCUT2D eigenvalue weighted by molar-refractivity contribution is 6.31. The van der Waals surface area contributed by atoms with Crippen molar-refractivity contribution in [3.63, 3.8) is 0 Å². The lowest BCUT2D eigenvalue weighted by Crippen LogP contribution is -2.57. The van der Waals surface area contributed by atoms with Crippen molar-refractivity contribution in [1.29, 1.82) is 0 Å². The van der Waals surface area contributed by atoms with E-state index < -0.39 is 0 Å². The first-order valence-corrected chi connectivity index (χ1v) is 5.71. The molecule has 1 aliphatic heterocycles. The molecule has 1 amide bonds. The van der Waals surface area contributed by atoms with Crippen LogP contribution in [0.5, 0.6) is 0 Å². The minimum Gasteiger partial charge on any atom is -0.336 e. The minimum absolute atomic E-state index is 0. The van der Waals surface area contributed by atoms with E-state index in [1.54, 1.807) is 11.0 Å². The summed E-state index contributed by atoms with van der Waals surface area (Å²) in [5.41, 5.74) is 1.65. The second-order valence-corrected chi connectivity index (χ2v) is 4.60. The smallest absolute Gasteiger partial charge is 0.253 e. The average molecular weight is 275 g/mol. The van der Waals surface area contributed by atoms with Crippen molar-refractivity contribution in [2.45, 2.75) is 13.0 Å². The molecule has 1 fully saturated rings. The molecule has 1 heterocycles. The van der Waals surface area contributed by atoms with E-state index in [0.29, 0.717) is 16.6 Å². The molecule has 0 unspecified atom stereocenters. The van der Waals surface area contributed by atoms with Crippen molar-refractivity contribution in [3.05, 3.63) is 34.3 Å². The van der Waals surface area contributed by atoms with Gasteiger partial charge in [0.15, 0.2) is 0 Å². The van der Waals surface area contributed by atoms with E-state index in [2.05, 4.69) is 5.32 Å². The second-order valence-electron chi connectivity index (χ2n) is 4.19. The number of hydrogen-bond acceptors (Lipinski definition) is 2. The number of halogens is 2. The van der Waals surface area contributed by atoms with Crippen molar-refractivity contribution >= 4 is 29.9 Å². The third kappa shape index (κ3) is 2.92. The normalized spacial score (nSPS) is 14.8. The lowest BCUT2D eigenvalue weighted by Gasteiger charge is -2.35. The number of rotatable bonds is 2. The Morgan fingerprint density at radius 3 is 2.59 bits per heavy atom. The Balaban J connectivity index is 0.00000144. The van der Waals surface area contributed by atoms with E-state index in [0.717, 1.165) is 18.7 Å². The maximum atomic E-state index is 12.1. The first-order chi connectivity index (χ1) is 7.59. The van der Waals surface area contributed by atoms with Crippen LogP contribution in [0.1, 0.15) is 15.9 Å². The SMILES string of the molecule is Cc1ccc(C(=O)N(C)C2CNC2)cc1Cl.Cl. The average Bonchev–Trinajstić information content (AvgIpc) is 2.18. The van der Waals surface area contributed by atoms with E-state index in [-0.39, 0.29) is 18.3 Å². The van der Waals surface area contributed by atoms with Gasteiger partial charge in [-0.15, -0.1) is 12.4 Å². The lowest BCUT2D eigenvalue weighted by molar-refractivity contribution is 0.0681. The van der Waals surface area contributed by atoms with E-state index >= 15 is 0 Å². The van der Waals surface area contributed by atoms with Gasteiger partial charge in [0.1, 0.15) is 0 Å². The van der Waals surface area contributed by atoms with Gasteiger partial charge in [0.2, 0.25) is 0 Å². The molecule has 94 valence electrons. The van der Waals surface area contributed by atoms with E-state index in [1.807, 2.05) is 26.1 Å². The standard InChI is InChI=1S/C12H15ClN2O.ClH/c1-8-3-4-9(5-11(8)13)12(16)15(2)10-6-14-7-10;/h3-5,10,14H,6-7H2,1-2H3;1H. The molecule has 5 heteroatoms. The van der Waals surface area contributed by atoms with E-state index in [4.69, 9.17) is 11.6 Å². The topological polar surface area (TPSA) is 32.3 Å².